The van der Waals surface area contributed by atoms with Gasteiger partial charge < -0.3 is 65.8 Å². The van der Waals surface area contributed by atoms with Crippen LogP contribution in [0, 0.1) is 0 Å². The van der Waals surface area contributed by atoms with E-state index in [-0.39, 0.29) is 25.9 Å². The molecule has 1 fully saturated rings. The smallest absolute Gasteiger partial charge is 0.306 e. The second-order valence-corrected chi connectivity index (χ2v) is 20.6. The fourth-order valence-corrected chi connectivity index (χ4v) is 9.15. The van der Waals surface area contributed by atoms with E-state index in [4.69, 9.17) is 35.2 Å². The second-order valence-electron chi connectivity index (χ2n) is 20.6. The van der Waals surface area contributed by atoms with E-state index in [2.05, 4.69) is 19.2 Å². The molecule has 1 aliphatic heterocycles. The van der Waals surface area contributed by atoms with Crippen molar-refractivity contribution in [2.24, 2.45) is 11.5 Å². The summed E-state index contributed by atoms with van der Waals surface area (Å²) in [4.78, 5) is 78.8. The topological polar surface area (TPSA) is 297 Å². The Hall–Kier alpha value is -3.46. The Labute approximate surface area is 443 Å². The lowest BCUT2D eigenvalue weighted by Gasteiger charge is -2.44. The Kier molecular flexibility index (Phi) is 39.5. The molecule has 19 nitrogen and oxygen atoms in total. The largest absolute Gasteiger partial charge is 0.462 e. The SMILES string of the molecule is CCCCCCCCCCCCCCCC(=O)OC[C@H](COC(=O)CC[C@H](C(N)=O)N(CC(C)O[C@H]1[C@H](O)[C@@H](CO)O[C@H](O)[C@@H]1NC(C)=O)C(=O)[C@@H](N)[C@H](C)O)OC(=O)CCCCCCCCCCCCCCC. The maximum atomic E-state index is 13.7. The maximum Gasteiger partial charge on any atom is 0.306 e. The quantitative estimate of drug-likeness (QED) is 0.0195. The van der Waals surface area contributed by atoms with Gasteiger partial charge in [-0.3, -0.25) is 28.8 Å². The summed E-state index contributed by atoms with van der Waals surface area (Å²) in [5, 5.41) is 44.0. The van der Waals surface area contributed by atoms with Crippen molar-refractivity contribution in [1.82, 2.24) is 10.2 Å². The summed E-state index contributed by atoms with van der Waals surface area (Å²) in [7, 11) is 0. The number of amides is 3. The number of nitrogens with zero attached hydrogens (tertiary/aromatic N) is 1. The number of carbonyl (C=O) groups excluding carboxylic acids is 6. The number of hydrogen-bond acceptors (Lipinski definition) is 16. The molecule has 1 rings (SSSR count). The maximum absolute atomic E-state index is 13.7. The van der Waals surface area contributed by atoms with Gasteiger partial charge in [0.1, 0.15) is 49.7 Å². The molecule has 0 bridgehead atoms. The number of ether oxygens (including phenoxy) is 5. The van der Waals surface area contributed by atoms with E-state index < -0.39 is 123 Å². The minimum Gasteiger partial charge on any atom is -0.462 e. The lowest BCUT2D eigenvalue weighted by molar-refractivity contribution is -0.268. The number of nitrogens with one attached hydrogen (secondary N) is 1. The zero-order chi connectivity index (χ0) is 55.1. The van der Waals surface area contributed by atoms with Gasteiger partial charge in [0.05, 0.1) is 18.8 Å². The van der Waals surface area contributed by atoms with Crippen LogP contribution in [0.3, 0.4) is 0 Å². The molecule has 0 aromatic carbocycles. The molecule has 1 unspecified atom stereocenters. The van der Waals surface area contributed by atoms with Gasteiger partial charge in [0.15, 0.2) is 12.4 Å². The predicted octanol–water partition coefficient (Wildman–Crippen LogP) is 6.47. The number of hydrogen-bond donors (Lipinski definition) is 7. The second kappa shape index (κ2) is 42.6. The third-order valence-corrected chi connectivity index (χ3v) is 13.6. The fourth-order valence-electron chi connectivity index (χ4n) is 9.15. The van der Waals surface area contributed by atoms with Crippen molar-refractivity contribution < 1.29 is 72.9 Å². The number of esters is 3. The summed E-state index contributed by atoms with van der Waals surface area (Å²) >= 11 is 0. The monoisotopic (exact) mass is 1060 g/mol. The molecule has 1 saturated heterocycles. The number of aliphatic hydroxyl groups is 4. The van der Waals surface area contributed by atoms with Crippen molar-refractivity contribution in [3.05, 3.63) is 0 Å². The molecule has 74 heavy (non-hydrogen) atoms. The molecule has 1 heterocycles. The summed E-state index contributed by atoms with van der Waals surface area (Å²) < 4.78 is 28.0. The number of unbranched alkanes of at least 4 members (excludes halogenated alkanes) is 24. The highest BCUT2D eigenvalue weighted by molar-refractivity contribution is 5.89. The Morgan fingerprint density at radius 3 is 1.47 bits per heavy atom. The van der Waals surface area contributed by atoms with Crippen LogP contribution in [-0.4, -0.2) is 148 Å². The van der Waals surface area contributed by atoms with Gasteiger partial charge in [0.2, 0.25) is 17.7 Å². The first-order valence-corrected chi connectivity index (χ1v) is 28.6. The van der Waals surface area contributed by atoms with Gasteiger partial charge in [0, 0.05) is 32.7 Å². The summed E-state index contributed by atoms with van der Waals surface area (Å²) in [6, 6.07) is -4.36. The van der Waals surface area contributed by atoms with E-state index in [1.807, 2.05) is 0 Å². The van der Waals surface area contributed by atoms with Crippen LogP contribution in [0.1, 0.15) is 227 Å². The Balaban J connectivity index is 2.92. The molecular formula is C55H102N4O15. The van der Waals surface area contributed by atoms with E-state index in [1.165, 1.54) is 130 Å². The minimum absolute atomic E-state index is 0.139. The standard InChI is InChI=1S/C55H102N4O15/c1-6-8-10-12-14-16-18-20-22-24-26-28-30-32-46(63)70-38-43(73-48(65)33-31-29-27-25-23-21-19-17-15-13-11-9-7-2)39-71-47(64)35-34-44(53(57)67)59(54(68)49(56)41(4)61)36-40(3)72-52-50(58-42(5)62)55(69)74-45(37-60)51(52)66/h40-41,43-45,49-52,55,60-61,66,69H,6-39,56H2,1-5H3,(H2,57,67)(H,58,62)/t40?,41-,43+,44+,45+,49-,50+,51+,52+,55-/m0/s1. The van der Waals surface area contributed by atoms with Gasteiger partial charge in [-0.05, 0) is 33.1 Å². The molecule has 10 atom stereocenters. The molecule has 432 valence electrons. The van der Waals surface area contributed by atoms with Crippen LogP contribution in [-0.2, 0) is 52.5 Å². The lowest BCUT2D eigenvalue weighted by atomic mass is 9.96. The number of aliphatic hydroxyl groups excluding tert-OH is 4. The Morgan fingerprint density at radius 2 is 1.07 bits per heavy atom. The Morgan fingerprint density at radius 1 is 0.649 bits per heavy atom. The first-order valence-electron chi connectivity index (χ1n) is 28.6. The molecule has 3 amide bonds. The van der Waals surface area contributed by atoms with Crippen LogP contribution in [0.15, 0.2) is 0 Å². The number of carbonyl (C=O) groups is 6. The molecule has 0 aromatic heterocycles. The van der Waals surface area contributed by atoms with Gasteiger partial charge in [0.25, 0.3) is 0 Å². The highest BCUT2D eigenvalue weighted by Crippen LogP contribution is 2.25. The lowest BCUT2D eigenvalue weighted by Crippen LogP contribution is -2.65. The van der Waals surface area contributed by atoms with Gasteiger partial charge in [-0.2, -0.15) is 0 Å². The third-order valence-electron chi connectivity index (χ3n) is 13.6. The summed E-state index contributed by atoms with van der Waals surface area (Å²) in [5.74, 6) is -4.39. The normalized spacial score (nSPS) is 19.7. The summed E-state index contributed by atoms with van der Waals surface area (Å²) in [5.41, 5.74) is 11.8. The predicted molar refractivity (Wildman–Crippen MR) is 282 cm³/mol. The van der Waals surface area contributed by atoms with E-state index in [0.29, 0.717) is 12.8 Å². The highest BCUT2D eigenvalue weighted by atomic mass is 16.6. The molecule has 0 radical (unpaired) electrons. The van der Waals surface area contributed by atoms with E-state index >= 15 is 0 Å². The zero-order valence-electron chi connectivity index (χ0n) is 46.2. The van der Waals surface area contributed by atoms with Gasteiger partial charge >= 0.3 is 17.9 Å². The fraction of sp³-hybridized carbons (Fsp3) is 0.891. The van der Waals surface area contributed by atoms with E-state index in [1.54, 1.807) is 0 Å². The minimum atomic E-state index is -1.70. The van der Waals surface area contributed by atoms with Crippen LogP contribution >= 0.6 is 0 Å². The third kappa shape index (κ3) is 31.6. The van der Waals surface area contributed by atoms with Crippen molar-refractivity contribution in [2.45, 2.75) is 288 Å². The first kappa shape index (κ1) is 68.6. The average Bonchev–Trinajstić information content (AvgIpc) is 3.36. The molecular weight excluding hydrogens is 957 g/mol. The molecule has 0 aliphatic carbocycles. The molecule has 0 saturated carbocycles. The van der Waals surface area contributed by atoms with Crippen LogP contribution in [0.25, 0.3) is 0 Å². The zero-order valence-corrected chi connectivity index (χ0v) is 46.2. The van der Waals surface area contributed by atoms with E-state index in [9.17, 15) is 49.2 Å². The molecule has 0 aromatic rings. The summed E-state index contributed by atoms with van der Waals surface area (Å²) in [6.07, 6.45) is 20.1. The molecule has 9 N–H and O–H groups in total. The van der Waals surface area contributed by atoms with Crippen molar-refractivity contribution in [2.75, 3.05) is 26.4 Å². The highest BCUT2D eigenvalue weighted by Gasteiger charge is 2.47. The van der Waals surface area contributed by atoms with Gasteiger partial charge in [-0.15, -0.1) is 0 Å². The van der Waals surface area contributed by atoms with Crippen LogP contribution in [0.2, 0.25) is 0 Å². The van der Waals surface area contributed by atoms with Crippen LogP contribution in [0.5, 0.6) is 0 Å². The number of primary amides is 1. The van der Waals surface area contributed by atoms with Crippen LogP contribution < -0.4 is 16.8 Å². The first-order chi connectivity index (χ1) is 35.5. The number of nitrogens with two attached hydrogens (primary N) is 2. The van der Waals surface area contributed by atoms with Crippen molar-refractivity contribution in [1.29, 1.82) is 0 Å². The van der Waals surface area contributed by atoms with Crippen molar-refractivity contribution >= 4 is 35.6 Å². The average molecular weight is 1060 g/mol. The number of rotatable bonds is 46. The van der Waals surface area contributed by atoms with Crippen LogP contribution in [0.4, 0.5) is 0 Å². The van der Waals surface area contributed by atoms with Crippen molar-refractivity contribution in [3.8, 4) is 0 Å². The summed E-state index contributed by atoms with van der Waals surface area (Å²) in [6.45, 7) is 6.40. The van der Waals surface area contributed by atoms with Gasteiger partial charge in [-0.25, -0.2) is 0 Å². The Bertz CT molecular complexity index is 1520. The van der Waals surface area contributed by atoms with Gasteiger partial charge in [-0.1, -0.05) is 168 Å². The van der Waals surface area contributed by atoms with E-state index in [0.717, 1.165) is 49.8 Å². The molecule has 1 aliphatic rings. The molecule has 0 spiro atoms. The van der Waals surface area contributed by atoms with Crippen molar-refractivity contribution in [3.63, 3.8) is 0 Å². The molecule has 19 heteroatoms.